The van der Waals surface area contributed by atoms with Crippen molar-refractivity contribution in [2.45, 2.75) is 39.7 Å². The zero-order valence-corrected chi connectivity index (χ0v) is 11.6. The first-order valence-corrected chi connectivity index (χ1v) is 6.82. The Kier molecular flexibility index (Phi) is 6.12. The van der Waals surface area contributed by atoms with Gasteiger partial charge >= 0.3 is 5.97 Å². The molecule has 104 valence electrons. The van der Waals surface area contributed by atoms with Gasteiger partial charge in [-0.25, -0.2) is 0 Å². The normalized spacial score (nSPS) is 19.8. The lowest BCUT2D eigenvalue weighted by atomic mass is 10.2. The Hall–Kier alpha value is -1.10. The zero-order valence-electron chi connectivity index (χ0n) is 11.6. The van der Waals surface area contributed by atoms with E-state index in [0.717, 1.165) is 19.4 Å². The van der Waals surface area contributed by atoms with Gasteiger partial charge in [-0.1, -0.05) is 0 Å². The summed E-state index contributed by atoms with van der Waals surface area (Å²) in [6, 6.07) is -0.232. The van der Waals surface area contributed by atoms with Crippen molar-refractivity contribution in [2.75, 3.05) is 32.8 Å². The second kappa shape index (κ2) is 7.36. The van der Waals surface area contributed by atoms with Crippen LogP contribution in [-0.4, -0.2) is 60.5 Å². The molecule has 0 bridgehead atoms. The Labute approximate surface area is 109 Å². The summed E-state index contributed by atoms with van der Waals surface area (Å²) in [6.45, 7) is 8.69. The monoisotopic (exact) mass is 256 g/mol. The Balaban J connectivity index is 2.54. The highest BCUT2D eigenvalue weighted by Gasteiger charge is 2.33. The molecule has 0 aromatic carbocycles. The number of ether oxygens (including phenoxy) is 1. The number of carbonyl (C=O) groups excluding carboxylic acids is 2. The van der Waals surface area contributed by atoms with Crippen LogP contribution in [0.1, 0.15) is 33.6 Å². The third-order valence-electron chi connectivity index (χ3n) is 3.38. The molecule has 0 aromatic rings. The second-order valence-electron chi connectivity index (χ2n) is 4.45. The van der Waals surface area contributed by atoms with Gasteiger partial charge in [-0.05, 0) is 40.2 Å². The lowest BCUT2D eigenvalue weighted by Crippen LogP contribution is -2.45. The molecule has 0 spiro atoms. The molecule has 1 aliphatic heterocycles. The molecule has 1 rings (SSSR count). The van der Waals surface area contributed by atoms with Crippen LogP contribution in [0.4, 0.5) is 0 Å². The summed E-state index contributed by atoms with van der Waals surface area (Å²) >= 11 is 0. The molecule has 0 aliphatic carbocycles. The molecule has 0 saturated carbocycles. The molecule has 0 aromatic heterocycles. The summed E-state index contributed by atoms with van der Waals surface area (Å²) in [5, 5.41) is 0. The number of nitrogens with zero attached hydrogens (tertiary/aromatic N) is 2. The van der Waals surface area contributed by atoms with Gasteiger partial charge in [0.05, 0.1) is 13.2 Å². The van der Waals surface area contributed by atoms with E-state index in [1.807, 2.05) is 18.7 Å². The summed E-state index contributed by atoms with van der Waals surface area (Å²) in [5.74, 6) is -0.0986. The van der Waals surface area contributed by atoms with Crippen molar-refractivity contribution in [3.05, 3.63) is 0 Å². The van der Waals surface area contributed by atoms with Crippen LogP contribution in [0.3, 0.4) is 0 Å². The molecule has 0 N–H and O–H groups in total. The van der Waals surface area contributed by atoms with E-state index in [-0.39, 0.29) is 17.9 Å². The fourth-order valence-corrected chi connectivity index (χ4v) is 2.37. The standard InChI is InChI=1S/C13H24N2O3/c1-4-14(5-2)12(16)10-15-9-7-8-11(15)13(17)18-6-3/h11H,4-10H2,1-3H3. The van der Waals surface area contributed by atoms with Crippen molar-refractivity contribution in [3.63, 3.8) is 0 Å². The maximum absolute atomic E-state index is 12.0. The predicted molar refractivity (Wildman–Crippen MR) is 69.2 cm³/mol. The number of esters is 1. The van der Waals surface area contributed by atoms with Crippen LogP contribution in [0, 0.1) is 0 Å². The van der Waals surface area contributed by atoms with Gasteiger partial charge in [-0.15, -0.1) is 0 Å². The van der Waals surface area contributed by atoms with Crippen molar-refractivity contribution in [1.29, 1.82) is 0 Å². The number of likely N-dealkylation sites (tertiary alicyclic amines) is 1. The lowest BCUT2D eigenvalue weighted by Gasteiger charge is -2.26. The molecule has 18 heavy (non-hydrogen) atoms. The van der Waals surface area contributed by atoms with Crippen LogP contribution >= 0.6 is 0 Å². The summed E-state index contributed by atoms with van der Waals surface area (Å²) in [7, 11) is 0. The number of carbonyl (C=O) groups is 2. The first-order chi connectivity index (χ1) is 8.63. The number of likely N-dealkylation sites (N-methyl/N-ethyl adjacent to an activating group) is 1. The number of hydrogen-bond acceptors (Lipinski definition) is 4. The topological polar surface area (TPSA) is 49.9 Å². The van der Waals surface area contributed by atoms with E-state index in [0.29, 0.717) is 26.2 Å². The third kappa shape index (κ3) is 3.70. The van der Waals surface area contributed by atoms with E-state index in [2.05, 4.69) is 0 Å². The Morgan fingerprint density at radius 1 is 1.28 bits per heavy atom. The van der Waals surface area contributed by atoms with Gasteiger partial charge in [0.1, 0.15) is 6.04 Å². The van der Waals surface area contributed by atoms with Gasteiger partial charge in [-0.2, -0.15) is 0 Å². The average molecular weight is 256 g/mol. The van der Waals surface area contributed by atoms with Crippen LogP contribution < -0.4 is 0 Å². The fraction of sp³-hybridized carbons (Fsp3) is 0.846. The van der Waals surface area contributed by atoms with E-state index in [4.69, 9.17) is 4.74 Å². The fourth-order valence-electron chi connectivity index (χ4n) is 2.37. The van der Waals surface area contributed by atoms with Crippen LogP contribution in [0.25, 0.3) is 0 Å². The maximum Gasteiger partial charge on any atom is 0.323 e. The number of hydrogen-bond donors (Lipinski definition) is 0. The number of amides is 1. The molecule has 0 radical (unpaired) electrons. The number of rotatable bonds is 6. The summed E-state index contributed by atoms with van der Waals surface area (Å²) in [4.78, 5) is 27.5. The van der Waals surface area contributed by atoms with Crippen molar-refractivity contribution in [1.82, 2.24) is 9.80 Å². The average Bonchev–Trinajstić information content (AvgIpc) is 2.79. The summed E-state index contributed by atoms with van der Waals surface area (Å²) in [6.07, 6.45) is 1.75. The highest BCUT2D eigenvalue weighted by molar-refractivity contribution is 5.81. The smallest absolute Gasteiger partial charge is 0.323 e. The highest BCUT2D eigenvalue weighted by Crippen LogP contribution is 2.18. The Morgan fingerprint density at radius 3 is 2.50 bits per heavy atom. The van der Waals surface area contributed by atoms with E-state index < -0.39 is 0 Å². The minimum Gasteiger partial charge on any atom is -0.465 e. The van der Waals surface area contributed by atoms with Gasteiger partial charge in [0.2, 0.25) is 5.91 Å². The molecular formula is C13H24N2O3. The van der Waals surface area contributed by atoms with Crippen LogP contribution in [-0.2, 0) is 14.3 Å². The van der Waals surface area contributed by atoms with Gasteiger partial charge < -0.3 is 9.64 Å². The molecule has 1 unspecified atom stereocenters. The third-order valence-corrected chi connectivity index (χ3v) is 3.38. The highest BCUT2D eigenvalue weighted by atomic mass is 16.5. The first kappa shape index (κ1) is 15.0. The molecule has 1 aliphatic rings. The van der Waals surface area contributed by atoms with Gasteiger partial charge in [0.15, 0.2) is 0 Å². The van der Waals surface area contributed by atoms with E-state index in [1.54, 1.807) is 11.8 Å². The Morgan fingerprint density at radius 2 is 1.94 bits per heavy atom. The van der Waals surface area contributed by atoms with Crippen molar-refractivity contribution in [2.24, 2.45) is 0 Å². The van der Waals surface area contributed by atoms with Gasteiger partial charge in [-0.3, -0.25) is 14.5 Å². The van der Waals surface area contributed by atoms with E-state index in [1.165, 1.54) is 0 Å². The largest absolute Gasteiger partial charge is 0.465 e. The predicted octanol–water partition coefficient (Wildman–Crippen LogP) is 0.882. The van der Waals surface area contributed by atoms with E-state index >= 15 is 0 Å². The molecule has 5 nitrogen and oxygen atoms in total. The maximum atomic E-state index is 12.0. The molecule has 1 fully saturated rings. The minimum absolute atomic E-state index is 0.0937. The van der Waals surface area contributed by atoms with Crippen molar-refractivity contribution >= 4 is 11.9 Å². The van der Waals surface area contributed by atoms with Crippen molar-refractivity contribution < 1.29 is 14.3 Å². The SMILES string of the molecule is CCOC(=O)C1CCCN1CC(=O)N(CC)CC. The van der Waals surface area contributed by atoms with Crippen molar-refractivity contribution in [3.8, 4) is 0 Å². The second-order valence-corrected chi connectivity index (χ2v) is 4.45. The molecule has 1 saturated heterocycles. The Bertz CT molecular complexity index is 290. The molecule has 1 amide bonds. The lowest BCUT2D eigenvalue weighted by molar-refractivity contribution is -0.149. The molecule has 1 heterocycles. The summed E-state index contributed by atoms with van der Waals surface area (Å²) < 4.78 is 5.05. The van der Waals surface area contributed by atoms with Gasteiger partial charge in [0, 0.05) is 13.1 Å². The first-order valence-electron chi connectivity index (χ1n) is 6.82. The van der Waals surface area contributed by atoms with Crippen LogP contribution in [0.15, 0.2) is 0 Å². The van der Waals surface area contributed by atoms with Crippen LogP contribution in [0.5, 0.6) is 0 Å². The molecular weight excluding hydrogens is 232 g/mol. The van der Waals surface area contributed by atoms with Gasteiger partial charge in [0.25, 0.3) is 0 Å². The summed E-state index contributed by atoms with van der Waals surface area (Å²) in [5.41, 5.74) is 0. The molecule has 5 heteroatoms. The quantitative estimate of drug-likeness (QED) is 0.662. The zero-order chi connectivity index (χ0) is 13.5. The minimum atomic E-state index is -0.232. The van der Waals surface area contributed by atoms with Crippen LogP contribution in [0.2, 0.25) is 0 Å². The molecule has 1 atom stereocenters. The van der Waals surface area contributed by atoms with E-state index in [9.17, 15) is 9.59 Å².